The van der Waals surface area contributed by atoms with Crippen LogP contribution in [0.2, 0.25) is 0 Å². The normalized spacial score (nSPS) is 22.2. The first-order valence-electron chi connectivity index (χ1n) is 9.67. The molecular formula is C19H24N8O. The molecule has 0 spiro atoms. The molecule has 0 radical (unpaired) electrons. The maximum absolute atomic E-state index is 5.27. The summed E-state index contributed by atoms with van der Waals surface area (Å²) in [4.78, 5) is 18.1. The highest BCUT2D eigenvalue weighted by Crippen LogP contribution is 2.34. The summed E-state index contributed by atoms with van der Waals surface area (Å²) in [7, 11) is 0. The SMILES string of the molecule is Cc1cc(C)n(-c2cc(N3CC4CN(Cc5nc(C)no5)CC4C3)ncn2)n1. The largest absolute Gasteiger partial charge is 0.356 e. The molecule has 2 aliphatic rings. The molecule has 2 aliphatic heterocycles. The van der Waals surface area contributed by atoms with E-state index in [1.54, 1.807) is 6.33 Å². The topological polar surface area (TPSA) is 89.0 Å². The van der Waals surface area contributed by atoms with Crippen molar-refractivity contribution in [3.05, 3.63) is 41.6 Å². The first kappa shape index (κ1) is 17.3. The molecule has 3 aromatic heterocycles. The summed E-state index contributed by atoms with van der Waals surface area (Å²) in [6, 6.07) is 4.10. The number of hydrogen-bond acceptors (Lipinski definition) is 8. The molecule has 5 heterocycles. The van der Waals surface area contributed by atoms with Gasteiger partial charge in [-0.25, -0.2) is 14.6 Å². The molecule has 0 N–H and O–H groups in total. The van der Waals surface area contributed by atoms with Gasteiger partial charge in [0.15, 0.2) is 11.6 Å². The molecule has 2 saturated heterocycles. The van der Waals surface area contributed by atoms with Crippen LogP contribution in [0.1, 0.15) is 23.1 Å². The van der Waals surface area contributed by atoms with Crippen LogP contribution in [0.4, 0.5) is 5.82 Å². The molecule has 2 unspecified atom stereocenters. The van der Waals surface area contributed by atoms with Crippen molar-refractivity contribution in [3.63, 3.8) is 0 Å². The fourth-order valence-electron chi connectivity index (χ4n) is 4.49. The van der Waals surface area contributed by atoms with Crippen LogP contribution < -0.4 is 4.90 Å². The van der Waals surface area contributed by atoms with Gasteiger partial charge in [-0.15, -0.1) is 0 Å². The lowest BCUT2D eigenvalue weighted by Gasteiger charge is -2.21. The average Bonchev–Trinajstić information content (AvgIpc) is 3.40. The molecule has 0 saturated carbocycles. The van der Waals surface area contributed by atoms with Crippen LogP contribution in [0.15, 0.2) is 23.0 Å². The van der Waals surface area contributed by atoms with Gasteiger partial charge in [0.1, 0.15) is 12.1 Å². The Hall–Kier alpha value is -2.81. The highest BCUT2D eigenvalue weighted by molar-refractivity contribution is 5.45. The van der Waals surface area contributed by atoms with Crippen molar-refractivity contribution in [2.45, 2.75) is 27.3 Å². The van der Waals surface area contributed by atoms with E-state index in [-0.39, 0.29) is 0 Å². The zero-order valence-corrected chi connectivity index (χ0v) is 16.4. The second-order valence-electron chi connectivity index (χ2n) is 7.93. The molecule has 9 heteroatoms. The monoisotopic (exact) mass is 380 g/mol. The fourth-order valence-corrected chi connectivity index (χ4v) is 4.49. The summed E-state index contributed by atoms with van der Waals surface area (Å²) in [5, 5.41) is 8.42. The van der Waals surface area contributed by atoms with Crippen molar-refractivity contribution in [2.24, 2.45) is 11.8 Å². The van der Waals surface area contributed by atoms with Crippen LogP contribution >= 0.6 is 0 Å². The van der Waals surface area contributed by atoms with Crippen LogP contribution in [-0.4, -0.2) is 61.0 Å². The summed E-state index contributed by atoms with van der Waals surface area (Å²) in [6.45, 7) is 10.8. The Morgan fingerprint density at radius 2 is 1.75 bits per heavy atom. The van der Waals surface area contributed by atoms with Crippen molar-refractivity contribution < 1.29 is 4.52 Å². The van der Waals surface area contributed by atoms with Gasteiger partial charge >= 0.3 is 0 Å². The average molecular weight is 380 g/mol. The molecule has 3 aromatic rings. The van der Waals surface area contributed by atoms with E-state index in [1.807, 2.05) is 31.5 Å². The summed E-state index contributed by atoms with van der Waals surface area (Å²) in [5.41, 5.74) is 2.07. The zero-order valence-electron chi connectivity index (χ0n) is 16.4. The molecule has 0 aromatic carbocycles. The van der Waals surface area contributed by atoms with Crippen LogP contribution in [-0.2, 0) is 6.54 Å². The lowest BCUT2D eigenvalue weighted by atomic mass is 10.0. The quantitative estimate of drug-likeness (QED) is 0.673. The number of likely N-dealkylation sites (tertiary alicyclic amines) is 1. The molecular weight excluding hydrogens is 356 g/mol. The predicted molar refractivity (Wildman–Crippen MR) is 102 cm³/mol. The Balaban J connectivity index is 1.27. The van der Waals surface area contributed by atoms with Gasteiger partial charge in [0.05, 0.1) is 12.2 Å². The fraction of sp³-hybridized carbons (Fsp3) is 0.526. The third kappa shape index (κ3) is 3.15. The van der Waals surface area contributed by atoms with E-state index in [0.717, 1.165) is 55.7 Å². The maximum atomic E-state index is 5.27. The lowest BCUT2D eigenvalue weighted by molar-refractivity contribution is 0.255. The zero-order chi connectivity index (χ0) is 19.3. The van der Waals surface area contributed by atoms with Crippen LogP contribution in [0.3, 0.4) is 0 Å². The third-order valence-electron chi connectivity index (χ3n) is 5.68. The summed E-state index contributed by atoms with van der Waals surface area (Å²) in [6.07, 6.45) is 1.64. The highest BCUT2D eigenvalue weighted by Gasteiger charge is 2.40. The van der Waals surface area contributed by atoms with Crippen LogP contribution in [0.5, 0.6) is 0 Å². The van der Waals surface area contributed by atoms with Gasteiger partial charge in [0, 0.05) is 37.9 Å². The highest BCUT2D eigenvalue weighted by atomic mass is 16.5. The first-order valence-corrected chi connectivity index (χ1v) is 9.67. The predicted octanol–water partition coefficient (Wildman–Crippen LogP) is 1.54. The van der Waals surface area contributed by atoms with E-state index in [9.17, 15) is 0 Å². The molecule has 2 atom stereocenters. The molecule has 0 bridgehead atoms. The standard InChI is InChI=1S/C19H24N8O/c1-12-4-13(2)27(23-12)18-5-17(20-11-21-18)26-8-15-6-25(7-16(15)9-26)10-19-22-14(3)24-28-19/h4-5,11,15-16H,6-10H2,1-3H3. The van der Waals surface area contributed by atoms with E-state index in [1.165, 1.54) is 0 Å². The number of anilines is 1. The Labute approximate surface area is 163 Å². The van der Waals surface area contributed by atoms with Gasteiger partial charge in [-0.2, -0.15) is 10.1 Å². The Morgan fingerprint density at radius 3 is 2.39 bits per heavy atom. The number of aryl methyl sites for hydroxylation is 3. The summed E-state index contributed by atoms with van der Waals surface area (Å²) in [5.74, 6) is 4.47. The van der Waals surface area contributed by atoms with E-state index in [2.05, 4.69) is 41.1 Å². The van der Waals surface area contributed by atoms with Gasteiger partial charge < -0.3 is 9.42 Å². The Bertz CT molecular complexity index is 981. The van der Waals surface area contributed by atoms with E-state index >= 15 is 0 Å². The number of hydrogen-bond donors (Lipinski definition) is 0. The summed E-state index contributed by atoms with van der Waals surface area (Å²) < 4.78 is 7.15. The van der Waals surface area contributed by atoms with E-state index in [0.29, 0.717) is 23.6 Å². The number of aromatic nitrogens is 6. The van der Waals surface area contributed by atoms with E-state index < -0.39 is 0 Å². The Kier molecular flexibility index (Phi) is 4.12. The number of fused-ring (bicyclic) bond motifs is 1. The number of rotatable bonds is 4. The molecule has 5 rings (SSSR count). The third-order valence-corrected chi connectivity index (χ3v) is 5.68. The molecule has 146 valence electrons. The minimum atomic E-state index is 0.635. The second-order valence-corrected chi connectivity index (χ2v) is 7.93. The van der Waals surface area contributed by atoms with E-state index in [4.69, 9.17) is 4.52 Å². The first-order chi connectivity index (χ1) is 13.5. The maximum Gasteiger partial charge on any atom is 0.240 e. The number of nitrogens with zero attached hydrogens (tertiary/aromatic N) is 8. The summed E-state index contributed by atoms with van der Waals surface area (Å²) >= 11 is 0. The molecule has 2 fully saturated rings. The molecule has 0 amide bonds. The molecule has 28 heavy (non-hydrogen) atoms. The van der Waals surface area contributed by atoms with Crippen molar-refractivity contribution >= 4 is 5.82 Å². The van der Waals surface area contributed by atoms with Gasteiger partial charge in [0.25, 0.3) is 0 Å². The minimum absolute atomic E-state index is 0.635. The van der Waals surface area contributed by atoms with Gasteiger partial charge in [0.2, 0.25) is 5.89 Å². The lowest BCUT2D eigenvalue weighted by Crippen LogP contribution is -2.29. The molecule has 0 aliphatic carbocycles. The van der Waals surface area contributed by atoms with Crippen molar-refractivity contribution in [3.8, 4) is 5.82 Å². The van der Waals surface area contributed by atoms with Crippen LogP contribution in [0, 0.1) is 32.6 Å². The Morgan fingerprint density at radius 1 is 1.00 bits per heavy atom. The minimum Gasteiger partial charge on any atom is -0.356 e. The van der Waals surface area contributed by atoms with Crippen LogP contribution in [0.25, 0.3) is 5.82 Å². The van der Waals surface area contributed by atoms with Gasteiger partial charge in [-0.1, -0.05) is 5.16 Å². The van der Waals surface area contributed by atoms with Crippen molar-refractivity contribution in [2.75, 3.05) is 31.1 Å². The van der Waals surface area contributed by atoms with Crippen molar-refractivity contribution in [1.82, 2.24) is 34.8 Å². The second kappa shape index (κ2) is 6.66. The van der Waals surface area contributed by atoms with Gasteiger partial charge in [-0.3, -0.25) is 4.90 Å². The molecule has 9 nitrogen and oxygen atoms in total. The smallest absolute Gasteiger partial charge is 0.240 e. The van der Waals surface area contributed by atoms with Gasteiger partial charge in [-0.05, 0) is 38.7 Å². The van der Waals surface area contributed by atoms with Crippen molar-refractivity contribution in [1.29, 1.82) is 0 Å².